The van der Waals surface area contributed by atoms with Gasteiger partial charge in [0.05, 0.1) is 29.0 Å². The number of nitrogens with zero attached hydrogens (tertiary/aromatic N) is 2. The molecule has 30 heavy (non-hydrogen) atoms. The van der Waals surface area contributed by atoms with Crippen molar-refractivity contribution in [2.24, 2.45) is 0 Å². The molecule has 2 aromatic carbocycles. The highest BCUT2D eigenvalue weighted by Gasteiger charge is 2.20. The smallest absolute Gasteiger partial charge is 0.262 e. The molecule has 2 aromatic heterocycles. The zero-order valence-corrected chi connectivity index (χ0v) is 17.5. The van der Waals surface area contributed by atoms with Crippen LogP contribution in [0.25, 0.3) is 10.9 Å². The van der Waals surface area contributed by atoms with Crippen LogP contribution in [-0.2, 0) is 11.3 Å². The number of hydrogen-bond donors (Lipinski definition) is 1. The van der Waals surface area contributed by atoms with Crippen LogP contribution in [0.5, 0.6) is 0 Å². The summed E-state index contributed by atoms with van der Waals surface area (Å²) in [6, 6.07) is 18.4. The Morgan fingerprint density at radius 3 is 2.67 bits per heavy atom. The first-order chi connectivity index (χ1) is 14.5. The number of nitrogens with one attached hydrogen (secondary N) is 1. The number of para-hydroxylation sites is 2. The van der Waals surface area contributed by atoms with E-state index >= 15 is 0 Å². The number of anilines is 1. The van der Waals surface area contributed by atoms with Crippen molar-refractivity contribution in [3.63, 3.8) is 0 Å². The number of fused-ring (bicyclic) bond motifs is 1. The highest BCUT2D eigenvalue weighted by atomic mass is 32.2. The fourth-order valence-electron chi connectivity index (χ4n) is 3.09. The van der Waals surface area contributed by atoms with Gasteiger partial charge in [0.2, 0.25) is 5.91 Å². The fraction of sp³-hybridized carbons (Fsp3) is 0.174. The third-order valence-corrected chi connectivity index (χ3v) is 5.87. The molecule has 152 valence electrons. The topological polar surface area (TPSA) is 77.1 Å². The van der Waals surface area contributed by atoms with Crippen LogP contribution in [-0.4, -0.2) is 20.7 Å². The Kier molecular flexibility index (Phi) is 5.72. The van der Waals surface area contributed by atoms with Crippen LogP contribution >= 0.6 is 11.8 Å². The number of carbonyl (C=O) groups is 1. The molecule has 7 heteroatoms. The minimum atomic E-state index is -0.458. The molecule has 1 N–H and O–H groups in total. The zero-order valence-electron chi connectivity index (χ0n) is 16.7. The summed E-state index contributed by atoms with van der Waals surface area (Å²) in [4.78, 5) is 30.6. The molecule has 1 unspecified atom stereocenters. The van der Waals surface area contributed by atoms with Gasteiger partial charge in [-0.05, 0) is 49.7 Å². The molecule has 4 aromatic rings. The van der Waals surface area contributed by atoms with Gasteiger partial charge in [-0.15, -0.1) is 0 Å². The summed E-state index contributed by atoms with van der Waals surface area (Å²) in [6.45, 7) is 3.99. The molecule has 0 aliphatic rings. The zero-order chi connectivity index (χ0) is 21.1. The predicted molar refractivity (Wildman–Crippen MR) is 119 cm³/mol. The summed E-state index contributed by atoms with van der Waals surface area (Å²) < 4.78 is 6.99. The predicted octanol–water partition coefficient (Wildman–Crippen LogP) is 4.47. The molecule has 0 aliphatic heterocycles. The van der Waals surface area contributed by atoms with Crippen LogP contribution < -0.4 is 10.9 Å². The number of rotatable bonds is 6. The van der Waals surface area contributed by atoms with Crippen LogP contribution in [0.2, 0.25) is 0 Å². The molecule has 2 heterocycles. The molecule has 1 atom stereocenters. The SMILES string of the molecule is Cc1ccccc1NC(=O)C(C)Sc1nc2ccccc2c(=O)n1Cc1ccco1. The molecule has 1 amide bonds. The first kappa shape index (κ1) is 20.0. The van der Waals surface area contributed by atoms with E-state index < -0.39 is 5.25 Å². The molecule has 0 fully saturated rings. The third-order valence-electron chi connectivity index (χ3n) is 4.78. The second-order valence-corrected chi connectivity index (χ2v) is 8.25. The minimum absolute atomic E-state index is 0.152. The van der Waals surface area contributed by atoms with Gasteiger partial charge in [-0.2, -0.15) is 0 Å². The van der Waals surface area contributed by atoms with Gasteiger partial charge < -0.3 is 9.73 Å². The van der Waals surface area contributed by atoms with E-state index in [9.17, 15) is 9.59 Å². The fourth-order valence-corrected chi connectivity index (χ4v) is 4.00. The summed E-state index contributed by atoms with van der Waals surface area (Å²) in [5, 5.41) is 3.50. The first-order valence-electron chi connectivity index (χ1n) is 9.58. The Hall–Kier alpha value is -3.32. The van der Waals surface area contributed by atoms with Crippen LogP contribution in [0, 0.1) is 6.92 Å². The maximum absolute atomic E-state index is 13.1. The number of amides is 1. The number of aryl methyl sites for hydroxylation is 1. The molecule has 0 radical (unpaired) electrons. The van der Waals surface area contributed by atoms with E-state index in [1.165, 1.54) is 11.8 Å². The molecule has 0 aliphatic carbocycles. The van der Waals surface area contributed by atoms with Gasteiger partial charge in [-0.1, -0.05) is 42.1 Å². The largest absolute Gasteiger partial charge is 0.467 e. The van der Waals surface area contributed by atoms with E-state index in [0.717, 1.165) is 11.3 Å². The number of hydrogen-bond acceptors (Lipinski definition) is 5. The average Bonchev–Trinajstić information content (AvgIpc) is 3.26. The average molecular weight is 420 g/mol. The molecule has 0 bridgehead atoms. The van der Waals surface area contributed by atoms with Crippen molar-refractivity contribution in [3.05, 3.63) is 88.6 Å². The van der Waals surface area contributed by atoms with E-state index in [1.54, 1.807) is 36.0 Å². The molecule has 6 nitrogen and oxygen atoms in total. The van der Waals surface area contributed by atoms with Gasteiger partial charge in [0.15, 0.2) is 5.16 Å². The number of thioether (sulfide) groups is 1. The normalized spacial score (nSPS) is 12.1. The van der Waals surface area contributed by atoms with E-state index in [-0.39, 0.29) is 18.0 Å². The summed E-state index contributed by atoms with van der Waals surface area (Å²) in [5.74, 6) is 0.495. The van der Waals surface area contributed by atoms with Crippen molar-refractivity contribution < 1.29 is 9.21 Å². The Morgan fingerprint density at radius 2 is 1.90 bits per heavy atom. The van der Waals surface area contributed by atoms with Gasteiger partial charge in [0.1, 0.15) is 5.76 Å². The Morgan fingerprint density at radius 1 is 1.13 bits per heavy atom. The highest BCUT2D eigenvalue weighted by molar-refractivity contribution is 8.00. The highest BCUT2D eigenvalue weighted by Crippen LogP contribution is 2.25. The lowest BCUT2D eigenvalue weighted by molar-refractivity contribution is -0.115. The molecular weight excluding hydrogens is 398 g/mol. The van der Waals surface area contributed by atoms with Crippen molar-refractivity contribution in [3.8, 4) is 0 Å². The van der Waals surface area contributed by atoms with Gasteiger partial charge in [0.25, 0.3) is 5.56 Å². The maximum atomic E-state index is 13.1. The Balaban J connectivity index is 1.66. The summed E-state index contributed by atoms with van der Waals surface area (Å²) in [6.07, 6.45) is 1.57. The van der Waals surface area contributed by atoms with Crippen molar-refractivity contribution >= 4 is 34.3 Å². The molecule has 0 saturated carbocycles. The first-order valence-corrected chi connectivity index (χ1v) is 10.5. The van der Waals surface area contributed by atoms with Crippen molar-refractivity contribution in [1.29, 1.82) is 0 Å². The van der Waals surface area contributed by atoms with Crippen molar-refractivity contribution in [2.75, 3.05) is 5.32 Å². The second-order valence-electron chi connectivity index (χ2n) is 6.95. The van der Waals surface area contributed by atoms with Gasteiger partial charge in [-0.3, -0.25) is 14.2 Å². The summed E-state index contributed by atoms with van der Waals surface area (Å²) in [5.41, 5.74) is 2.20. The quantitative estimate of drug-likeness (QED) is 0.369. The lowest BCUT2D eigenvalue weighted by atomic mass is 10.2. The van der Waals surface area contributed by atoms with Crippen molar-refractivity contribution in [2.45, 2.75) is 30.8 Å². The van der Waals surface area contributed by atoms with Gasteiger partial charge in [0, 0.05) is 5.69 Å². The van der Waals surface area contributed by atoms with Gasteiger partial charge >= 0.3 is 0 Å². The standard InChI is InChI=1S/C23H21N3O3S/c1-15-8-3-5-11-19(15)24-21(27)16(2)30-23-25-20-12-6-4-10-18(20)22(28)26(23)14-17-9-7-13-29-17/h3-13,16H,14H2,1-2H3,(H,24,27). The molecular formula is C23H21N3O3S. The van der Waals surface area contributed by atoms with Crippen molar-refractivity contribution in [1.82, 2.24) is 9.55 Å². The number of furan rings is 1. The van der Waals surface area contributed by atoms with E-state index in [0.29, 0.717) is 21.8 Å². The molecule has 0 saturated heterocycles. The number of carbonyl (C=O) groups excluding carboxylic acids is 1. The van der Waals surface area contributed by atoms with Crippen LogP contribution in [0.4, 0.5) is 5.69 Å². The minimum Gasteiger partial charge on any atom is -0.467 e. The molecule has 4 rings (SSSR count). The monoisotopic (exact) mass is 419 g/mol. The molecule has 0 spiro atoms. The second kappa shape index (κ2) is 8.59. The summed E-state index contributed by atoms with van der Waals surface area (Å²) >= 11 is 1.25. The Labute approximate surface area is 177 Å². The van der Waals surface area contributed by atoms with Crippen LogP contribution in [0.1, 0.15) is 18.2 Å². The van der Waals surface area contributed by atoms with E-state index in [4.69, 9.17) is 4.42 Å². The van der Waals surface area contributed by atoms with E-state index in [1.807, 2.05) is 49.4 Å². The number of benzene rings is 2. The van der Waals surface area contributed by atoms with Crippen LogP contribution in [0.3, 0.4) is 0 Å². The summed E-state index contributed by atoms with van der Waals surface area (Å²) in [7, 11) is 0. The van der Waals surface area contributed by atoms with E-state index in [2.05, 4.69) is 10.3 Å². The van der Waals surface area contributed by atoms with Gasteiger partial charge in [-0.25, -0.2) is 4.98 Å². The number of aromatic nitrogens is 2. The lowest BCUT2D eigenvalue weighted by Crippen LogP contribution is -2.27. The third kappa shape index (κ3) is 4.16. The van der Waals surface area contributed by atoms with Crippen LogP contribution in [0.15, 0.2) is 81.3 Å². The lowest BCUT2D eigenvalue weighted by Gasteiger charge is -2.16. The maximum Gasteiger partial charge on any atom is 0.262 e. The Bertz CT molecular complexity index is 1250.